The Morgan fingerprint density at radius 1 is 1.50 bits per heavy atom. The van der Waals surface area contributed by atoms with Gasteiger partial charge in [-0.1, -0.05) is 19.9 Å². The molecular formula is C13H14FNO. The fourth-order valence-electron chi connectivity index (χ4n) is 2.34. The molecule has 0 heterocycles. The molecule has 0 radical (unpaired) electrons. The van der Waals surface area contributed by atoms with Crippen molar-refractivity contribution < 1.29 is 9.18 Å². The summed E-state index contributed by atoms with van der Waals surface area (Å²) in [5.74, 6) is -0.769. The van der Waals surface area contributed by atoms with E-state index in [1.165, 1.54) is 18.2 Å². The van der Waals surface area contributed by atoms with Crippen molar-refractivity contribution in [2.45, 2.75) is 25.7 Å². The number of hydrogen-bond donors (Lipinski definition) is 1. The van der Waals surface area contributed by atoms with Crippen LogP contribution in [0, 0.1) is 5.82 Å². The number of primary amides is 1. The van der Waals surface area contributed by atoms with Gasteiger partial charge in [0.1, 0.15) is 5.82 Å². The third kappa shape index (κ3) is 1.73. The molecule has 3 heteroatoms. The zero-order valence-electron chi connectivity index (χ0n) is 9.38. The summed E-state index contributed by atoms with van der Waals surface area (Å²) in [6.07, 6.45) is 2.11. The predicted molar refractivity (Wildman–Crippen MR) is 61.2 cm³/mol. The van der Waals surface area contributed by atoms with Gasteiger partial charge in [0.25, 0.3) is 0 Å². The van der Waals surface area contributed by atoms with Gasteiger partial charge in [0, 0.05) is 6.08 Å². The van der Waals surface area contributed by atoms with Crippen molar-refractivity contribution in [1.82, 2.24) is 0 Å². The Morgan fingerprint density at radius 3 is 2.81 bits per heavy atom. The van der Waals surface area contributed by atoms with Crippen LogP contribution in [0.5, 0.6) is 0 Å². The number of rotatable bonds is 1. The number of allylic oxidation sites excluding steroid dienone is 1. The first kappa shape index (κ1) is 10.9. The maximum Gasteiger partial charge on any atom is 0.241 e. The molecule has 2 nitrogen and oxygen atoms in total. The lowest BCUT2D eigenvalue weighted by Gasteiger charge is -2.17. The average molecular weight is 219 g/mol. The van der Waals surface area contributed by atoms with Crippen molar-refractivity contribution in [2.75, 3.05) is 0 Å². The molecule has 0 fully saturated rings. The summed E-state index contributed by atoms with van der Waals surface area (Å²) in [5.41, 5.74) is 7.79. The van der Waals surface area contributed by atoms with E-state index in [-0.39, 0.29) is 11.2 Å². The van der Waals surface area contributed by atoms with Crippen LogP contribution in [0.25, 0.3) is 5.57 Å². The van der Waals surface area contributed by atoms with E-state index in [4.69, 9.17) is 5.73 Å². The van der Waals surface area contributed by atoms with Crippen LogP contribution >= 0.6 is 0 Å². The number of halogens is 1. The van der Waals surface area contributed by atoms with E-state index in [1.54, 1.807) is 6.07 Å². The van der Waals surface area contributed by atoms with Crippen molar-refractivity contribution in [3.63, 3.8) is 0 Å². The highest BCUT2D eigenvalue weighted by atomic mass is 19.1. The molecule has 1 amide bonds. The lowest BCUT2D eigenvalue weighted by Crippen LogP contribution is -2.11. The topological polar surface area (TPSA) is 43.1 Å². The summed E-state index contributed by atoms with van der Waals surface area (Å²) >= 11 is 0. The Bertz CT molecular complexity index is 489. The maximum atomic E-state index is 13.2. The molecule has 0 bridgehead atoms. The Morgan fingerprint density at radius 2 is 2.19 bits per heavy atom. The summed E-state index contributed by atoms with van der Waals surface area (Å²) in [6.45, 7) is 4.15. The SMILES string of the molecule is CC1(C)CC(=CC(N)=O)c2cc(F)ccc21. The number of nitrogens with two attached hydrogens (primary N) is 1. The number of fused-ring (bicyclic) bond motifs is 1. The van der Waals surface area contributed by atoms with E-state index in [9.17, 15) is 9.18 Å². The number of amides is 1. The summed E-state index contributed by atoms with van der Waals surface area (Å²) in [5, 5.41) is 0. The number of benzene rings is 1. The zero-order valence-corrected chi connectivity index (χ0v) is 9.38. The van der Waals surface area contributed by atoms with E-state index in [0.717, 1.165) is 16.7 Å². The van der Waals surface area contributed by atoms with E-state index >= 15 is 0 Å². The molecule has 0 aromatic heterocycles. The Kier molecular flexibility index (Phi) is 2.34. The molecule has 0 atom stereocenters. The molecule has 84 valence electrons. The lowest BCUT2D eigenvalue weighted by molar-refractivity contribution is -0.113. The zero-order chi connectivity index (χ0) is 11.9. The molecule has 1 aromatic carbocycles. The number of hydrogen-bond acceptors (Lipinski definition) is 1. The molecule has 1 aromatic rings. The third-order valence-corrected chi connectivity index (χ3v) is 3.01. The minimum Gasteiger partial charge on any atom is -0.366 e. The van der Waals surface area contributed by atoms with Crippen LogP contribution in [-0.4, -0.2) is 5.91 Å². The maximum absolute atomic E-state index is 13.2. The van der Waals surface area contributed by atoms with Gasteiger partial charge in [-0.05, 0) is 40.7 Å². The molecular weight excluding hydrogens is 205 g/mol. The molecule has 0 aliphatic heterocycles. The van der Waals surface area contributed by atoms with Crippen LogP contribution in [0.3, 0.4) is 0 Å². The molecule has 2 N–H and O–H groups in total. The van der Waals surface area contributed by atoms with Crippen LogP contribution in [0.1, 0.15) is 31.4 Å². The molecule has 1 aliphatic carbocycles. The lowest BCUT2D eigenvalue weighted by atomic mass is 9.86. The fourth-order valence-corrected chi connectivity index (χ4v) is 2.34. The largest absolute Gasteiger partial charge is 0.366 e. The Balaban J connectivity index is 2.60. The molecule has 0 unspecified atom stereocenters. The van der Waals surface area contributed by atoms with Crippen LogP contribution in [0.4, 0.5) is 4.39 Å². The molecule has 0 saturated carbocycles. The first-order chi connectivity index (χ1) is 7.40. The highest BCUT2D eigenvalue weighted by Gasteiger charge is 2.33. The second-order valence-electron chi connectivity index (χ2n) is 4.82. The van der Waals surface area contributed by atoms with Crippen LogP contribution < -0.4 is 5.73 Å². The monoisotopic (exact) mass is 219 g/mol. The van der Waals surface area contributed by atoms with Crippen molar-refractivity contribution >= 4 is 11.5 Å². The standard InChI is InChI=1S/C13H14FNO/c1-13(2)7-8(5-12(15)16)10-6-9(14)3-4-11(10)13/h3-6H,7H2,1-2H3,(H2,15,16). The van der Waals surface area contributed by atoms with E-state index < -0.39 is 5.91 Å². The van der Waals surface area contributed by atoms with Gasteiger partial charge in [-0.15, -0.1) is 0 Å². The van der Waals surface area contributed by atoms with Crippen molar-refractivity contribution in [3.8, 4) is 0 Å². The molecule has 1 aliphatic rings. The predicted octanol–water partition coefficient (Wildman–Crippen LogP) is 2.38. The quantitative estimate of drug-likeness (QED) is 0.724. The van der Waals surface area contributed by atoms with Crippen LogP contribution in [0.15, 0.2) is 24.3 Å². The van der Waals surface area contributed by atoms with Gasteiger partial charge < -0.3 is 5.73 Å². The smallest absolute Gasteiger partial charge is 0.241 e. The fraction of sp³-hybridized carbons (Fsp3) is 0.308. The first-order valence-corrected chi connectivity index (χ1v) is 5.20. The third-order valence-electron chi connectivity index (χ3n) is 3.01. The minimum atomic E-state index is -0.483. The van der Waals surface area contributed by atoms with Gasteiger partial charge in [-0.25, -0.2) is 4.39 Å². The van der Waals surface area contributed by atoms with Crippen LogP contribution in [-0.2, 0) is 10.2 Å². The second kappa shape index (κ2) is 3.44. The van der Waals surface area contributed by atoms with Gasteiger partial charge >= 0.3 is 0 Å². The summed E-state index contributed by atoms with van der Waals surface area (Å²) in [7, 11) is 0. The van der Waals surface area contributed by atoms with Crippen molar-refractivity contribution in [3.05, 3.63) is 41.2 Å². The normalized spacial score (nSPS) is 19.8. The summed E-state index contributed by atoms with van der Waals surface area (Å²) in [4.78, 5) is 10.9. The Hall–Kier alpha value is -1.64. The average Bonchev–Trinajstić information content (AvgIpc) is 2.37. The highest BCUT2D eigenvalue weighted by molar-refractivity contribution is 5.95. The number of carbonyl (C=O) groups excluding carboxylic acids is 1. The van der Waals surface area contributed by atoms with Crippen molar-refractivity contribution in [1.29, 1.82) is 0 Å². The van der Waals surface area contributed by atoms with E-state index in [1.807, 2.05) is 0 Å². The van der Waals surface area contributed by atoms with E-state index in [0.29, 0.717) is 6.42 Å². The first-order valence-electron chi connectivity index (χ1n) is 5.20. The summed E-state index contributed by atoms with van der Waals surface area (Å²) < 4.78 is 13.2. The molecule has 0 saturated heterocycles. The number of carbonyl (C=O) groups is 1. The Labute approximate surface area is 94.0 Å². The second-order valence-corrected chi connectivity index (χ2v) is 4.82. The molecule has 0 spiro atoms. The minimum absolute atomic E-state index is 0.0652. The molecule has 16 heavy (non-hydrogen) atoms. The van der Waals surface area contributed by atoms with Gasteiger partial charge in [-0.3, -0.25) is 4.79 Å². The van der Waals surface area contributed by atoms with Gasteiger partial charge in [0.05, 0.1) is 0 Å². The summed E-state index contributed by atoms with van der Waals surface area (Å²) in [6, 6.07) is 4.71. The van der Waals surface area contributed by atoms with Crippen molar-refractivity contribution in [2.24, 2.45) is 5.73 Å². The van der Waals surface area contributed by atoms with Gasteiger partial charge in [-0.2, -0.15) is 0 Å². The van der Waals surface area contributed by atoms with Crippen LogP contribution in [0.2, 0.25) is 0 Å². The molecule has 2 rings (SSSR count). The highest BCUT2D eigenvalue weighted by Crippen LogP contribution is 2.45. The van der Waals surface area contributed by atoms with E-state index in [2.05, 4.69) is 13.8 Å². The van der Waals surface area contributed by atoms with Gasteiger partial charge in [0.2, 0.25) is 5.91 Å². The van der Waals surface area contributed by atoms with Gasteiger partial charge in [0.15, 0.2) is 0 Å².